The van der Waals surface area contributed by atoms with Crippen LogP contribution < -0.4 is 16.0 Å². The molecule has 0 spiro atoms. The van der Waals surface area contributed by atoms with Gasteiger partial charge in [0.15, 0.2) is 5.82 Å². The van der Waals surface area contributed by atoms with Gasteiger partial charge in [-0.1, -0.05) is 25.4 Å². The fourth-order valence-corrected chi connectivity index (χ4v) is 2.03. The Balaban J connectivity index is 2.51. The first kappa shape index (κ1) is 14.6. The fourth-order valence-electron chi connectivity index (χ4n) is 1.77. The summed E-state index contributed by atoms with van der Waals surface area (Å²) >= 11 is 6.13. The predicted molar refractivity (Wildman–Crippen MR) is 80.9 cm³/mol. The molecule has 0 amide bonds. The molecule has 1 heterocycles. The van der Waals surface area contributed by atoms with Gasteiger partial charge in [-0.15, -0.1) is 0 Å². The molecule has 0 bridgehead atoms. The van der Waals surface area contributed by atoms with Gasteiger partial charge in [-0.05, 0) is 24.1 Å². The number of anilines is 1. The number of hydrogen-bond acceptors (Lipinski definition) is 5. The van der Waals surface area contributed by atoms with Crippen molar-refractivity contribution >= 4 is 17.4 Å². The lowest BCUT2D eigenvalue weighted by Gasteiger charge is -2.11. The number of nitrogens with one attached hydrogen (secondary N) is 1. The highest BCUT2D eigenvalue weighted by molar-refractivity contribution is 6.32. The molecule has 0 aliphatic heterocycles. The van der Waals surface area contributed by atoms with Crippen molar-refractivity contribution in [1.29, 1.82) is 0 Å². The predicted octanol–water partition coefficient (Wildman–Crippen LogP) is 3.21. The maximum absolute atomic E-state index is 6.13. The zero-order valence-corrected chi connectivity index (χ0v) is 12.4. The zero-order valence-electron chi connectivity index (χ0n) is 11.6. The number of rotatable bonds is 4. The molecule has 0 saturated heterocycles. The maximum Gasteiger partial charge on any atom is 0.161 e. The summed E-state index contributed by atoms with van der Waals surface area (Å²) in [5, 5.41) is 0.519. The number of aromatic nitrogens is 2. The minimum absolute atomic E-state index is 0.276. The third-order valence-corrected chi connectivity index (χ3v) is 3.19. The zero-order chi connectivity index (χ0) is 14.7. The number of nitrogen functional groups attached to an aromatic ring is 1. The summed E-state index contributed by atoms with van der Waals surface area (Å²) in [4.78, 5) is 8.90. The van der Waals surface area contributed by atoms with E-state index in [1.165, 1.54) is 0 Å². The monoisotopic (exact) mass is 292 g/mol. The van der Waals surface area contributed by atoms with Crippen molar-refractivity contribution in [2.24, 2.45) is 5.84 Å². The molecule has 0 fully saturated rings. The first-order valence-electron chi connectivity index (χ1n) is 6.24. The standard InChI is InChI=1S/C14H17ClN4O/c1-8(2)11-7-13(19-16)18-14(17-11)9-4-5-12(20-3)10(15)6-9/h4-8H,16H2,1-3H3,(H,17,18,19). The summed E-state index contributed by atoms with van der Waals surface area (Å²) in [6.45, 7) is 4.13. The van der Waals surface area contributed by atoms with E-state index < -0.39 is 0 Å². The number of hydrogen-bond donors (Lipinski definition) is 2. The number of ether oxygens (including phenoxy) is 1. The van der Waals surface area contributed by atoms with E-state index >= 15 is 0 Å². The van der Waals surface area contributed by atoms with Crippen molar-refractivity contribution in [2.75, 3.05) is 12.5 Å². The molecule has 0 saturated carbocycles. The molecule has 0 radical (unpaired) electrons. The van der Waals surface area contributed by atoms with Gasteiger partial charge in [0.05, 0.1) is 12.1 Å². The van der Waals surface area contributed by atoms with Crippen LogP contribution >= 0.6 is 11.6 Å². The van der Waals surface area contributed by atoms with Crippen LogP contribution in [0.5, 0.6) is 5.75 Å². The molecule has 5 nitrogen and oxygen atoms in total. The number of nitrogens with zero attached hydrogens (tertiary/aromatic N) is 2. The molecular weight excluding hydrogens is 276 g/mol. The summed E-state index contributed by atoms with van der Waals surface area (Å²) in [7, 11) is 1.58. The van der Waals surface area contributed by atoms with Crippen LogP contribution in [0.15, 0.2) is 24.3 Å². The Morgan fingerprint density at radius 3 is 2.55 bits per heavy atom. The molecule has 2 aromatic rings. The van der Waals surface area contributed by atoms with Crippen LogP contribution in [0.2, 0.25) is 5.02 Å². The van der Waals surface area contributed by atoms with Crippen molar-refractivity contribution in [2.45, 2.75) is 19.8 Å². The number of halogens is 1. The smallest absolute Gasteiger partial charge is 0.161 e. The number of nitrogens with two attached hydrogens (primary N) is 1. The average molecular weight is 293 g/mol. The lowest BCUT2D eigenvalue weighted by Crippen LogP contribution is -2.11. The maximum atomic E-state index is 6.13. The molecule has 20 heavy (non-hydrogen) atoms. The van der Waals surface area contributed by atoms with Crippen LogP contribution in [-0.2, 0) is 0 Å². The summed E-state index contributed by atoms with van der Waals surface area (Å²) in [6, 6.07) is 7.27. The second-order valence-corrected chi connectivity index (χ2v) is 5.06. The number of methoxy groups -OCH3 is 1. The summed E-state index contributed by atoms with van der Waals surface area (Å²) in [5.74, 6) is 7.50. The Labute approximate surface area is 123 Å². The van der Waals surface area contributed by atoms with Crippen molar-refractivity contribution < 1.29 is 4.74 Å². The topological polar surface area (TPSA) is 73.1 Å². The van der Waals surface area contributed by atoms with Crippen LogP contribution in [0.25, 0.3) is 11.4 Å². The molecular formula is C14H17ClN4O. The van der Waals surface area contributed by atoms with Gasteiger partial charge in [-0.2, -0.15) is 0 Å². The molecule has 3 N–H and O–H groups in total. The molecule has 1 aromatic carbocycles. The van der Waals surface area contributed by atoms with Crippen molar-refractivity contribution in [3.05, 3.63) is 35.0 Å². The van der Waals surface area contributed by atoms with Crippen molar-refractivity contribution in [1.82, 2.24) is 9.97 Å². The van der Waals surface area contributed by atoms with E-state index in [9.17, 15) is 0 Å². The molecule has 2 rings (SSSR count). The van der Waals surface area contributed by atoms with E-state index in [0.29, 0.717) is 22.4 Å². The van der Waals surface area contributed by atoms with Crippen molar-refractivity contribution in [3.63, 3.8) is 0 Å². The van der Waals surface area contributed by atoms with Gasteiger partial charge in [-0.3, -0.25) is 0 Å². The summed E-state index contributed by atoms with van der Waals surface area (Å²) < 4.78 is 5.14. The quantitative estimate of drug-likeness (QED) is 0.668. The summed E-state index contributed by atoms with van der Waals surface area (Å²) in [6.07, 6.45) is 0. The first-order valence-corrected chi connectivity index (χ1v) is 6.62. The second kappa shape index (κ2) is 6.07. The Morgan fingerprint density at radius 2 is 2.00 bits per heavy atom. The average Bonchev–Trinajstić information content (AvgIpc) is 2.46. The van der Waals surface area contributed by atoms with Gasteiger partial charge < -0.3 is 10.2 Å². The van der Waals surface area contributed by atoms with E-state index in [-0.39, 0.29) is 5.92 Å². The molecule has 0 aliphatic carbocycles. The minimum Gasteiger partial charge on any atom is -0.495 e. The van der Waals surface area contributed by atoms with E-state index in [0.717, 1.165) is 11.3 Å². The van der Waals surface area contributed by atoms with Crippen LogP contribution in [0, 0.1) is 0 Å². The fraction of sp³-hybridized carbons (Fsp3) is 0.286. The highest BCUT2D eigenvalue weighted by Crippen LogP contribution is 2.29. The van der Waals surface area contributed by atoms with Gasteiger partial charge in [0, 0.05) is 17.3 Å². The third-order valence-electron chi connectivity index (χ3n) is 2.90. The van der Waals surface area contributed by atoms with Gasteiger partial charge >= 0.3 is 0 Å². The largest absolute Gasteiger partial charge is 0.495 e. The molecule has 0 unspecified atom stereocenters. The van der Waals surface area contributed by atoms with E-state index in [4.69, 9.17) is 22.2 Å². The molecule has 0 atom stereocenters. The van der Waals surface area contributed by atoms with Gasteiger partial charge in [-0.25, -0.2) is 15.8 Å². The highest BCUT2D eigenvalue weighted by Gasteiger charge is 2.11. The van der Waals surface area contributed by atoms with Crippen LogP contribution in [0.4, 0.5) is 5.82 Å². The molecule has 0 aliphatic rings. The van der Waals surface area contributed by atoms with Gasteiger partial charge in [0.25, 0.3) is 0 Å². The Morgan fingerprint density at radius 1 is 1.25 bits per heavy atom. The lowest BCUT2D eigenvalue weighted by atomic mass is 10.1. The first-order chi connectivity index (χ1) is 9.55. The normalized spacial score (nSPS) is 10.7. The minimum atomic E-state index is 0.276. The third kappa shape index (κ3) is 3.00. The summed E-state index contributed by atoms with van der Waals surface area (Å²) in [5.41, 5.74) is 4.29. The van der Waals surface area contributed by atoms with Crippen LogP contribution in [-0.4, -0.2) is 17.1 Å². The molecule has 6 heteroatoms. The van der Waals surface area contributed by atoms with Gasteiger partial charge in [0.2, 0.25) is 0 Å². The van der Waals surface area contributed by atoms with Crippen molar-refractivity contribution in [3.8, 4) is 17.1 Å². The second-order valence-electron chi connectivity index (χ2n) is 4.65. The van der Waals surface area contributed by atoms with Crippen LogP contribution in [0.3, 0.4) is 0 Å². The Bertz CT molecular complexity index is 616. The Hall–Kier alpha value is -1.85. The highest BCUT2D eigenvalue weighted by atomic mass is 35.5. The van der Waals surface area contributed by atoms with Crippen LogP contribution in [0.1, 0.15) is 25.5 Å². The van der Waals surface area contributed by atoms with E-state index in [2.05, 4.69) is 29.2 Å². The van der Waals surface area contributed by atoms with E-state index in [1.54, 1.807) is 19.2 Å². The SMILES string of the molecule is COc1ccc(-c2nc(NN)cc(C(C)C)n2)cc1Cl. The van der Waals surface area contributed by atoms with Gasteiger partial charge in [0.1, 0.15) is 11.6 Å². The Kier molecular flexibility index (Phi) is 4.42. The number of hydrazine groups is 1. The molecule has 106 valence electrons. The number of benzene rings is 1. The van der Waals surface area contributed by atoms with E-state index in [1.807, 2.05) is 12.1 Å². The molecule has 1 aromatic heterocycles. The lowest BCUT2D eigenvalue weighted by molar-refractivity contribution is 0.415.